The third-order valence-electron chi connectivity index (χ3n) is 8.03. The molecule has 10 nitrogen and oxygen atoms in total. The first-order valence-corrected chi connectivity index (χ1v) is 14.2. The summed E-state index contributed by atoms with van der Waals surface area (Å²) in [6.07, 6.45) is 4.96. The van der Waals surface area contributed by atoms with Crippen molar-refractivity contribution in [1.82, 2.24) is 4.98 Å². The van der Waals surface area contributed by atoms with Crippen LogP contribution in [0.5, 0.6) is 0 Å². The van der Waals surface area contributed by atoms with E-state index in [1.54, 1.807) is 43.3 Å². The Morgan fingerprint density at radius 3 is 2.34 bits per heavy atom. The summed E-state index contributed by atoms with van der Waals surface area (Å²) in [6.45, 7) is 1.14. The van der Waals surface area contributed by atoms with Crippen LogP contribution in [-0.2, 0) is 14.3 Å². The highest BCUT2D eigenvalue weighted by Crippen LogP contribution is 2.38. The smallest absolute Gasteiger partial charge is 0.339 e. The zero-order valence-electron chi connectivity index (χ0n) is 23.4. The molecule has 11 heteroatoms. The number of anilines is 1. The Labute approximate surface area is 256 Å². The number of rotatable bonds is 7. The normalized spacial score (nSPS) is 17.5. The number of nitro groups is 1. The molecule has 2 unspecified atom stereocenters. The fourth-order valence-corrected chi connectivity index (χ4v) is 5.79. The van der Waals surface area contributed by atoms with Crippen LogP contribution in [0.25, 0.3) is 22.2 Å². The molecule has 2 aliphatic rings. The number of nitrogens with zero attached hydrogens (tertiary/aromatic N) is 3. The molecule has 0 N–H and O–H groups in total. The number of fused-ring (bicyclic) bond motifs is 2. The Kier molecular flexibility index (Phi) is 7.52. The van der Waals surface area contributed by atoms with E-state index in [-0.39, 0.29) is 40.5 Å². The Morgan fingerprint density at radius 1 is 1.00 bits per heavy atom. The largest absolute Gasteiger partial charge is 0.454 e. The number of nitro benzene ring substituents is 1. The summed E-state index contributed by atoms with van der Waals surface area (Å²) in [4.78, 5) is 68.6. The molecular weight excluding hydrogens is 586 g/mol. The number of ether oxygens (including phenoxy) is 1. The minimum absolute atomic E-state index is 0.0421. The summed E-state index contributed by atoms with van der Waals surface area (Å²) in [5.41, 5.74) is 2.49. The van der Waals surface area contributed by atoms with Crippen LogP contribution in [0.2, 0.25) is 5.02 Å². The third-order valence-corrected chi connectivity index (χ3v) is 8.44. The summed E-state index contributed by atoms with van der Waals surface area (Å²) in [7, 11) is 0. The molecule has 0 spiro atoms. The number of hydrogen-bond acceptors (Lipinski definition) is 8. The summed E-state index contributed by atoms with van der Waals surface area (Å²) in [5, 5.41) is 12.0. The van der Waals surface area contributed by atoms with Crippen molar-refractivity contribution in [2.75, 3.05) is 11.5 Å². The first kappa shape index (κ1) is 28.9. The summed E-state index contributed by atoms with van der Waals surface area (Å²) in [6, 6.07) is 16.8. The van der Waals surface area contributed by atoms with Crippen molar-refractivity contribution in [2.24, 2.45) is 11.8 Å². The summed E-state index contributed by atoms with van der Waals surface area (Å²) in [5.74, 6) is -2.51. The monoisotopic (exact) mass is 609 g/mol. The molecule has 2 atom stereocenters. The molecule has 1 aromatic heterocycles. The SMILES string of the molecule is Cc1c(Cl)ccc2c(C(=O)OCC(=O)c3cccc([N+](=O)[O-])c3)cc(-c3ccc(N4C(=O)C5CC=CCC5C4=O)cc3)nc12. The number of amides is 2. The van der Waals surface area contributed by atoms with Gasteiger partial charge in [-0.15, -0.1) is 0 Å². The van der Waals surface area contributed by atoms with Crippen LogP contribution in [0, 0.1) is 28.9 Å². The minimum atomic E-state index is -0.791. The van der Waals surface area contributed by atoms with E-state index in [9.17, 15) is 29.3 Å². The van der Waals surface area contributed by atoms with Crippen molar-refractivity contribution in [3.05, 3.63) is 111 Å². The average molecular weight is 610 g/mol. The third kappa shape index (κ3) is 5.13. The van der Waals surface area contributed by atoms with Crippen LogP contribution in [0.1, 0.15) is 39.1 Å². The standard InChI is InChI=1S/C33H24ClN3O7/c1-18-27(34)14-13-23-26(33(41)44-17-29(38)20-5-4-6-22(15-20)37(42)43)16-28(35-30(18)23)19-9-11-21(12-10-19)36-31(39)24-7-2-3-8-25(24)32(36)40/h2-6,9-16,24-25H,7-8,17H2,1H3. The zero-order valence-corrected chi connectivity index (χ0v) is 24.1. The molecule has 2 heterocycles. The van der Waals surface area contributed by atoms with Crippen molar-refractivity contribution < 1.29 is 28.8 Å². The summed E-state index contributed by atoms with van der Waals surface area (Å²) >= 11 is 6.37. The number of pyridine rings is 1. The highest BCUT2D eigenvalue weighted by molar-refractivity contribution is 6.32. The number of allylic oxidation sites excluding steroid dienone is 2. The lowest BCUT2D eigenvalue weighted by Crippen LogP contribution is -2.30. The van der Waals surface area contributed by atoms with E-state index in [1.165, 1.54) is 29.2 Å². The molecule has 2 amide bonds. The van der Waals surface area contributed by atoms with Crippen molar-refractivity contribution in [3.8, 4) is 11.3 Å². The van der Waals surface area contributed by atoms with Crippen LogP contribution < -0.4 is 4.90 Å². The number of hydrogen-bond donors (Lipinski definition) is 0. The zero-order chi connectivity index (χ0) is 31.1. The van der Waals surface area contributed by atoms with Gasteiger partial charge in [0.05, 0.1) is 39.2 Å². The molecule has 1 aliphatic carbocycles. The molecule has 1 aliphatic heterocycles. The fraction of sp³-hybridized carbons (Fsp3) is 0.182. The number of non-ortho nitro benzene ring substituents is 1. The van der Waals surface area contributed by atoms with E-state index in [0.717, 1.165) is 6.07 Å². The first-order valence-electron chi connectivity index (χ1n) is 13.8. The minimum Gasteiger partial charge on any atom is -0.454 e. The molecule has 44 heavy (non-hydrogen) atoms. The van der Waals surface area contributed by atoms with Gasteiger partial charge in [0.25, 0.3) is 5.69 Å². The van der Waals surface area contributed by atoms with Gasteiger partial charge in [0, 0.05) is 33.7 Å². The van der Waals surface area contributed by atoms with Crippen LogP contribution in [0.4, 0.5) is 11.4 Å². The average Bonchev–Trinajstić information content (AvgIpc) is 3.30. The molecule has 0 bridgehead atoms. The Balaban J connectivity index is 1.30. The van der Waals surface area contributed by atoms with Crippen molar-refractivity contribution in [3.63, 3.8) is 0 Å². The van der Waals surface area contributed by atoms with E-state index >= 15 is 0 Å². The lowest BCUT2D eigenvalue weighted by Gasteiger charge is -2.16. The van der Waals surface area contributed by atoms with Gasteiger partial charge >= 0.3 is 5.97 Å². The van der Waals surface area contributed by atoms with Gasteiger partial charge in [-0.3, -0.25) is 29.4 Å². The maximum absolute atomic E-state index is 13.3. The maximum Gasteiger partial charge on any atom is 0.339 e. The number of aryl methyl sites for hydroxylation is 1. The van der Waals surface area contributed by atoms with Gasteiger partial charge in [0.2, 0.25) is 17.6 Å². The Bertz CT molecular complexity index is 1890. The molecule has 0 saturated carbocycles. The highest BCUT2D eigenvalue weighted by Gasteiger charge is 2.47. The molecule has 0 radical (unpaired) electrons. The number of Topliss-reactive ketones (excluding diaryl/α,β-unsaturated/α-hetero) is 1. The first-order chi connectivity index (χ1) is 21.1. The van der Waals surface area contributed by atoms with Gasteiger partial charge in [-0.1, -0.05) is 54.1 Å². The van der Waals surface area contributed by atoms with Gasteiger partial charge in [-0.25, -0.2) is 9.78 Å². The van der Waals surface area contributed by atoms with Gasteiger partial charge < -0.3 is 4.74 Å². The van der Waals surface area contributed by atoms with Gasteiger partial charge in [0.15, 0.2) is 6.61 Å². The topological polar surface area (TPSA) is 137 Å². The van der Waals surface area contributed by atoms with Gasteiger partial charge in [-0.05, 0) is 49.6 Å². The van der Waals surface area contributed by atoms with Crippen molar-refractivity contribution in [1.29, 1.82) is 0 Å². The van der Waals surface area contributed by atoms with Crippen LogP contribution in [-0.4, -0.2) is 40.1 Å². The number of imide groups is 1. The number of esters is 1. The quantitative estimate of drug-likeness (QED) is 0.0597. The molecule has 6 rings (SSSR count). The van der Waals surface area contributed by atoms with Crippen LogP contribution >= 0.6 is 11.6 Å². The second-order valence-electron chi connectivity index (χ2n) is 10.6. The van der Waals surface area contributed by atoms with Gasteiger partial charge in [0.1, 0.15) is 0 Å². The number of carbonyl (C=O) groups excluding carboxylic acids is 4. The van der Waals surface area contributed by atoms with Gasteiger partial charge in [-0.2, -0.15) is 0 Å². The van der Waals surface area contributed by atoms with E-state index in [0.29, 0.717) is 51.3 Å². The fourth-order valence-electron chi connectivity index (χ4n) is 5.64. The lowest BCUT2D eigenvalue weighted by molar-refractivity contribution is -0.384. The van der Waals surface area contributed by atoms with E-state index in [2.05, 4.69) is 0 Å². The number of halogens is 1. The summed E-state index contributed by atoms with van der Waals surface area (Å²) < 4.78 is 5.36. The molecule has 4 aromatic rings. The van der Waals surface area contributed by atoms with E-state index in [1.807, 2.05) is 12.2 Å². The second kappa shape index (κ2) is 11.5. The number of carbonyl (C=O) groups is 4. The highest BCUT2D eigenvalue weighted by atomic mass is 35.5. The predicted octanol–water partition coefficient (Wildman–Crippen LogP) is 6.27. The molecular formula is C33H24ClN3O7. The molecule has 220 valence electrons. The van der Waals surface area contributed by atoms with Crippen LogP contribution in [0.3, 0.4) is 0 Å². The van der Waals surface area contributed by atoms with E-state index < -0.39 is 23.3 Å². The predicted molar refractivity (Wildman–Crippen MR) is 162 cm³/mol. The molecule has 1 saturated heterocycles. The Morgan fingerprint density at radius 2 is 1.68 bits per heavy atom. The Hall–Kier alpha value is -5.22. The van der Waals surface area contributed by atoms with Crippen molar-refractivity contribution >= 4 is 57.4 Å². The maximum atomic E-state index is 13.3. The van der Waals surface area contributed by atoms with Crippen molar-refractivity contribution in [2.45, 2.75) is 19.8 Å². The number of aromatic nitrogens is 1. The van der Waals surface area contributed by atoms with E-state index in [4.69, 9.17) is 21.3 Å². The molecule has 1 fully saturated rings. The lowest BCUT2D eigenvalue weighted by atomic mass is 9.85. The second-order valence-corrected chi connectivity index (χ2v) is 11.1. The molecule has 3 aromatic carbocycles. The van der Waals surface area contributed by atoms with Crippen LogP contribution in [0.15, 0.2) is 78.9 Å². The number of benzene rings is 3. The number of ketones is 1.